The average Bonchev–Trinajstić information content (AvgIpc) is 2.60. The average molecular weight is 536 g/mol. The molecule has 29 heavy (non-hydrogen) atoms. The Hall–Kier alpha value is -2.55. The minimum absolute atomic E-state index is 0.165. The van der Waals surface area contributed by atoms with Gasteiger partial charge in [0.1, 0.15) is 5.82 Å². The number of carboxylic acid groups (broad SMARTS) is 2. The Morgan fingerprint density at radius 3 is 2.03 bits per heavy atom. The molecule has 0 amide bonds. The van der Waals surface area contributed by atoms with Crippen LogP contribution in [0.3, 0.4) is 0 Å². The first kappa shape index (κ1) is 24.5. The monoisotopic (exact) mass is 536 g/mol. The van der Waals surface area contributed by atoms with Crippen LogP contribution in [0.1, 0.15) is 15.9 Å². The van der Waals surface area contributed by atoms with Crippen LogP contribution in [-0.4, -0.2) is 28.3 Å². The van der Waals surface area contributed by atoms with Gasteiger partial charge in [-0.2, -0.15) is 13.2 Å². The molecule has 0 unspecified atom stereocenters. The molecule has 0 fully saturated rings. The van der Waals surface area contributed by atoms with E-state index in [1.165, 1.54) is 18.2 Å². The van der Waals surface area contributed by atoms with Gasteiger partial charge in [-0.15, -0.1) is 0 Å². The van der Waals surface area contributed by atoms with Crippen molar-refractivity contribution in [1.82, 2.24) is 0 Å². The van der Waals surface area contributed by atoms with Gasteiger partial charge in [0.05, 0.1) is 16.9 Å². The quantitative estimate of drug-likeness (QED) is 0.344. The minimum atomic E-state index is -5.08. The zero-order valence-corrected chi connectivity index (χ0v) is 16.1. The molecule has 0 aliphatic heterocycles. The fraction of sp³-hybridized carbons (Fsp3) is 0.125. The normalized spacial score (nSPS) is 10.8. The molecular weight excluding hydrogens is 525 g/mol. The van der Waals surface area contributed by atoms with E-state index in [-0.39, 0.29) is 17.8 Å². The molecule has 2 rings (SSSR count). The molecular formula is C16H11F6IN2O4. The van der Waals surface area contributed by atoms with Crippen LogP contribution in [0, 0.1) is 21.0 Å². The molecule has 0 heterocycles. The van der Waals surface area contributed by atoms with E-state index in [2.05, 4.69) is 5.32 Å². The van der Waals surface area contributed by atoms with Crippen LogP contribution >= 0.6 is 22.6 Å². The number of nitrogens with one attached hydrogen (secondary N) is 1. The van der Waals surface area contributed by atoms with Crippen molar-refractivity contribution >= 4 is 45.9 Å². The first-order chi connectivity index (χ1) is 13.3. The number of hydrogen-bond acceptors (Lipinski definition) is 4. The number of anilines is 2. The third-order valence-corrected chi connectivity index (χ3v) is 3.84. The van der Waals surface area contributed by atoms with Gasteiger partial charge in [-0.1, -0.05) is 0 Å². The second-order valence-electron chi connectivity index (χ2n) is 5.15. The zero-order valence-electron chi connectivity index (χ0n) is 14.0. The zero-order chi connectivity index (χ0) is 22.5. The second kappa shape index (κ2) is 9.78. The van der Waals surface area contributed by atoms with E-state index in [1.54, 1.807) is 0 Å². The van der Waals surface area contributed by atoms with Crippen molar-refractivity contribution in [1.29, 1.82) is 0 Å². The van der Waals surface area contributed by atoms with Gasteiger partial charge in [-0.25, -0.2) is 22.8 Å². The SMILES string of the molecule is NCc1cc(C(=O)O)c(Nc2ccc(I)cc2F)c(F)c1F.O=C(O)C(F)(F)F. The highest BCUT2D eigenvalue weighted by Gasteiger charge is 2.38. The molecule has 2 aromatic carbocycles. The third-order valence-electron chi connectivity index (χ3n) is 3.17. The molecule has 0 bridgehead atoms. The van der Waals surface area contributed by atoms with Gasteiger partial charge in [0.25, 0.3) is 0 Å². The highest BCUT2D eigenvalue weighted by Crippen LogP contribution is 2.30. The fourth-order valence-corrected chi connectivity index (χ4v) is 2.30. The van der Waals surface area contributed by atoms with Crippen molar-refractivity contribution in [3.63, 3.8) is 0 Å². The summed E-state index contributed by atoms with van der Waals surface area (Å²) in [4.78, 5) is 20.1. The number of carboxylic acids is 2. The van der Waals surface area contributed by atoms with Crippen molar-refractivity contribution in [2.24, 2.45) is 5.73 Å². The molecule has 13 heteroatoms. The fourth-order valence-electron chi connectivity index (χ4n) is 1.84. The van der Waals surface area contributed by atoms with Gasteiger partial charge in [0, 0.05) is 15.7 Å². The lowest BCUT2D eigenvalue weighted by Gasteiger charge is -2.14. The number of alkyl halides is 3. The molecule has 0 aliphatic carbocycles. The van der Waals surface area contributed by atoms with Gasteiger partial charge in [-0.3, -0.25) is 0 Å². The van der Waals surface area contributed by atoms with Crippen molar-refractivity contribution in [3.05, 3.63) is 56.4 Å². The number of benzene rings is 2. The molecule has 0 atom stereocenters. The van der Waals surface area contributed by atoms with Gasteiger partial charge in [-0.05, 0) is 46.9 Å². The first-order valence-corrected chi connectivity index (χ1v) is 8.33. The highest BCUT2D eigenvalue weighted by molar-refractivity contribution is 14.1. The molecule has 0 spiro atoms. The van der Waals surface area contributed by atoms with Crippen LogP contribution < -0.4 is 11.1 Å². The van der Waals surface area contributed by atoms with Gasteiger partial charge in [0.2, 0.25) is 0 Å². The second-order valence-corrected chi connectivity index (χ2v) is 6.39. The van der Waals surface area contributed by atoms with Crippen molar-refractivity contribution in [2.75, 3.05) is 5.32 Å². The van der Waals surface area contributed by atoms with Crippen LogP contribution in [-0.2, 0) is 11.3 Å². The molecule has 0 aromatic heterocycles. The summed E-state index contributed by atoms with van der Waals surface area (Å²) >= 11 is 1.88. The maximum absolute atomic E-state index is 14.1. The molecule has 0 radical (unpaired) electrons. The summed E-state index contributed by atoms with van der Waals surface area (Å²) in [6.07, 6.45) is -5.08. The number of carbonyl (C=O) groups is 2. The Morgan fingerprint density at radius 1 is 1.07 bits per heavy atom. The number of halogens is 7. The number of aromatic carboxylic acids is 1. The van der Waals surface area contributed by atoms with Crippen LogP contribution in [0.15, 0.2) is 24.3 Å². The predicted octanol–water partition coefficient (Wildman–Crippen LogP) is 4.24. The Labute approximate surface area is 172 Å². The lowest BCUT2D eigenvalue weighted by atomic mass is 10.1. The summed E-state index contributed by atoms with van der Waals surface area (Å²) in [7, 11) is 0. The topological polar surface area (TPSA) is 113 Å². The maximum Gasteiger partial charge on any atom is 0.490 e. The molecule has 2 aromatic rings. The summed E-state index contributed by atoms with van der Waals surface area (Å²) in [5, 5.41) is 18.5. The first-order valence-electron chi connectivity index (χ1n) is 7.26. The predicted molar refractivity (Wildman–Crippen MR) is 97.3 cm³/mol. The van der Waals surface area contributed by atoms with E-state index in [0.717, 1.165) is 6.07 Å². The molecule has 0 saturated carbocycles. The van der Waals surface area contributed by atoms with E-state index < -0.39 is 46.8 Å². The van der Waals surface area contributed by atoms with Crippen LogP contribution in [0.2, 0.25) is 0 Å². The van der Waals surface area contributed by atoms with Gasteiger partial charge in [0.15, 0.2) is 11.6 Å². The molecule has 158 valence electrons. The van der Waals surface area contributed by atoms with Gasteiger partial charge >= 0.3 is 18.1 Å². The Kier molecular flexibility index (Phi) is 8.25. The molecule has 0 saturated heterocycles. The van der Waals surface area contributed by atoms with Crippen LogP contribution in [0.4, 0.5) is 37.7 Å². The Balaban J connectivity index is 0.000000516. The Morgan fingerprint density at radius 2 is 1.62 bits per heavy atom. The van der Waals surface area contributed by atoms with E-state index in [0.29, 0.717) is 3.57 Å². The summed E-state index contributed by atoms with van der Waals surface area (Å²) in [6.45, 7) is -0.360. The summed E-state index contributed by atoms with van der Waals surface area (Å²) in [5.41, 5.74) is 3.63. The number of nitrogens with two attached hydrogens (primary N) is 1. The summed E-state index contributed by atoms with van der Waals surface area (Å²) in [5.74, 6) is -7.64. The lowest BCUT2D eigenvalue weighted by molar-refractivity contribution is -0.192. The number of hydrogen-bond donors (Lipinski definition) is 4. The number of rotatable bonds is 4. The van der Waals surface area contributed by atoms with Crippen LogP contribution in [0.5, 0.6) is 0 Å². The molecule has 5 N–H and O–H groups in total. The standard InChI is InChI=1S/C14H10F3IN2O2.C2HF3O2/c15-9-4-7(18)1-2-10(9)20-13-8(14(21)22)3-6(5-19)11(16)12(13)17;3-2(4,5)1(6)7/h1-4,20H,5,19H2,(H,21,22);(H,6,7). The largest absolute Gasteiger partial charge is 0.490 e. The van der Waals surface area contributed by atoms with Crippen LogP contribution in [0.25, 0.3) is 0 Å². The summed E-state index contributed by atoms with van der Waals surface area (Å²) in [6, 6.07) is 4.94. The minimum Gasteiger partial charge on any atom is -0.478 e. The van der Waals surface area contributed by atoms with E-state index in [9.17, 15) is 31.1 Å². The summed E-state index contributed by atoms with van der Waals surface area (Å²) < 4.78 is 74.0. The maximum atomic E-state index is 14.1. The molecule has 6 nitrogen and oxygen atoms in total. The Bertz CT molecular complexity index is 937. The third kappa shape index (κ3) is 6.49. The van der Waals surface area contributed by atoms with Crippen molar-refractivity contribution < 1.29 is 46.1 Å². The van der Waals surface area contributed by atoms with Crippen molar-refractivity contribution in [2.45, 2.75) is 12.7 Å². The molecule has 0 aliphatic rings. The van der Waals surface area contributed by atoms with E-state index in [4.69, 9.17) is 20.7 Å². The van der Waals surface area contributed by atoms with Crippen molar-refractivity contribution in [3.8, 4) is 0 Å². The van der Waals surface area contributed by atoms with Gasteiger partial charge < -0.3 is 21.3 Å². The number of aliphatic carboxylic acids is 1. The highest BCUT2D eigenvalue weighted by atomic mass is 127. The van der Waals surface area contributed by atoms with E-state index in [1.807, 2.05) is 22.6 Å². The lowest BCUT2D eigenvalue weighted by Crippen LogP contribution is -2.21. The smallest absolute Gasteiger partial charge is 0.478 e. The van der Waals surface area contributed by atoms with E-state index >= 15 is 0 Å².